The van der Waals surface area contributed by atoms with Gasteiger partial charge >= 0.3 is 0 Å². The molecule has 0 bridgehead atoms. The number of hydrogen-bond donors (Lipinski definition) is 2. The van der Waals surface area contributed by atoms with Gasteiger partial charge in [0.05, 0.1) is 6.10 Å². The summed E-state index contributed by atoms with van der Waals surface area (Å²) in [5.41, 5.74) is 0. The molecule has 1 fully saturated rings. The molecule has 1 rings (SSSR count). The first kappa shape index (κ1) is 15.4. The van der Waals surface area contributed by atoms with Crippen molar-refractivity contribution >= 4 is 5.91 Å². The molecule has 18 heavy (non-hydrogen) atoms. The van der Waals surface area contributed by atoms with Crippen LogP contribution >= 0.6 is 0 Å². The van der Waals surface area contributed by atoms with Crippen molar-refractivity contribution in [2.75, 3.05) is 26.7 Å². The van der Waals surface area contributed by atoms with Crippen LogP contribution in [0.5, 0.6) is 0 Å². The predicted molar refractivity (Wildman–Crippen MR) is 73.3 cm³/mol. The van der Waals surface area contributed by atoms with Gasteiger partial charge in [-0.1, -0.05) is 6.92 Å². The van der Waals surface area contributed by atoms with E-state index in [0.29, 0.717) is 31.2 Å². The van der Waals surface area contributed by atoms with E-state index >= 15 is 0 Å². The van der Waals surface area contributed by atoms with Crippen LogP contribution in [0.2, 0.25) is 0 Å². The van der Waals surface area contributed by atoms with Crippen LogP contribution in [0.1, 0.15) is 39.5 Å². The van der Waals surface area contributed by atoms with Gasteiger partial charge in [0.1, 0.15) is 0 Å². The zero-order chi connectivity index (χ0) is 13.5. The highest BCUT2D eigenvalue weighted by Gasteiger charge is 2.23. The fourth-order valence-corrected chi connectivity index (χ4v) is 2.47. The first-order valence-electron chi connectivity index (χ1n) is 7.13. The third-order valence-electron chi connectivity index (χ3n) is 3.94. The number of piperidine rings is 1. The largest absolute Gasteiger partial charge is 0.393 e. The number of amides is 1. The van der Waals surface area contributed by atoms with E-state index in [0.717, 1.165) is 13.1 Å². The molecule has 4 heteroatoms. The molecule has 0 saturated carbocycles. The van der Waals surface area contributed by atoms with Crippen molar-refractivity contribution in [3.05, 3.63) is 0 Å². The van der Waals surface area contributed by atoms with Gasteiger partial charge < -0.3 is 15.3 Å². The molecule has 0 aromatic carbocycles. The number of carbonyl (C=O) groups excluding carboxylic acids is 1. The van der Waals surface area contributed by atoms with Crippen molar-refractivity contribution in [2.45, 2.75) is 45.6 Å². The van der Waals surface area contributed by atoms with Crippen molar-refractivity contribution in [3.63, 3.8) is 0 Å². The molecule has 1 aliphatic heterocycles. The van der Waals surface area contributed by atoms with Gasteiger partial charge in [-0.2, -0.15) is 0 Å². The Hall–Kier alpha value is -0.610. The van der Waals surface area contributed by atoms with Crippen molar-refractivity contribution < 1.29 is 9.90 Å². The minimum Gasteiger partial charge on any atom is -0.393 e. The molecule has 1 heterocycles. The van der Waals surface area contributed by atoms with Gasteiger partial charge in [0.15, 0.2) is 0 Å². The Morgan fingerprint density at radius 2 is 2.22 bits per heavy atom. The number of aliphatic hydroxyl groups excluding tert-OH is 1. The van der Waals surface area contributed by atoms with E-state index < -0.39 is 0 Å². The Labute approximate surface area is 111 Å². The normalized spacial score (nSPS) is 23.4. The Morgan fingerprint density at radius 1 is 1.50 bits per heavy atom. The first-order chi connectivity index (χ1) is 8.50. The van der Waals surface area contributed by atoms with Gasteiger partial charge in [-0.3, -0.25) is 4.79 Å². The van der Waals surface area contributed by atoms with Gasteiger partial charge in [0.25, 0.3) is 0 Å². The first-order valence-corrected chi connectivity index (χ1v) is 7.13. The lowest BCUT2D eigenvalue weighted by molar-refractivity contribution is -0.131. The molecule has 3 atom stereocenters. The highest BCUT2D eigenvalue weighted by molar-refractivity contribution is 5.76. The van der Waals surface area contributed by atoms with E-state index in [1.807, 2.05) is 7.05 Å². The van der Waals surface area contributed by atoms with Crippen LogP contribution in [-0.2, 0) is 4.79 Å². The topological polar surface area (TPSA) is 52.6 Å². The van der Waals surface area contributed by atoms with Gasteiger partial charge in [-0.25, -0.2) is 0 Å². The Balaban J connectivity index is 2.29. The number of hydrogen-bond acceptors (Lipinski definition) is 3. The molecule has 0 radical (unpaired) electrons. The number of carbonyl (C=O) groups is 1. The predicted octanol–water partition coefficient (Wildman–Crippen LogP) is 1.24. The van der Waals surface area contributed by atoms with Crippen LogP contribution in [0, 0.1) is 11.8 Å². The molecule has 0 aromatic heterocycles. The summed E-state index contributed by atoms with van der Waals surface area (Å²) in [6, 6.07) is 0. The van der Waals surface area contributed by atoms with Crippen LogP contribution in [0.3, 0.4) is 0 Å². The van der Waals surface area contributed by atoms with Crippen LogP contribution in [-0.4, -0.2) is 48.7 Å². The average molecular weight is 256 g/mol. The van der Waals surface area contributed by atoms with E-state index in [-0.39, 0.29) is 12.0 Å². The zero-order valence-electron chi connectivity index (χ0n) is 12.0. The Kier molecular flexibility index (Phi) is 6.65. The minimum atomic E-state index is -0.333. The second kappa shape index (κ2) is 7.74. The molecule has 106 valence electrons. The molecule has 2 N–H and O–H groups in total. The highest BCUT2D eigenvalue weighted by atomic mass is 16.3. The number of rotatable bonds is 6. The molecule has 1 saturated heterocycles. The molecule has 0 aromatic rings. The summed E-state index contributed by atoms with van der Waals surface area (Å²) in [6.45, 7) is 6.75. The second-order valence-corrected chi connectivity index (χ2v) is 5.74. The number of nitrogens with one attached hydrogen (secondary N) is 1. The summed E-state index contributed by atoms with van der Waals surface area (Å²) in [7, 11) is 1.83. The van der Waals surface area contributed by atoms with Crippen molar-refractivity contribution in [3.8, 4) is 0 Å². The number of aliphatic hydroxyl groups is 1. The molecule has 0 aliphatic carbocycles. The lowest BCUT2D eigenvalue weighted by Gasteiger charge is -2.29. The molecule has 1 aliphatic rings. The van der Waals surface area contributed by atoms with Crippen LogP contribution in [0.4, 0.5) is 0 Å². The van der Waals surface area contributed by atoms with E-state index in [1.165, 1.54) is 12.8 Å². The van der Waals surface area contributed by atoms with Crippen LogP contribution < -0.4 is 5.32 Å². The van der Waals surface area contributed by atoms with Gasteiger partial charge in [0, 0.05) is 20.0 Å². The maximum Gasteiger partial charge on any atom is 0.222 e. The van der Waals surface area contributed by atoms with Gasteiger partial charge in [0.2, 0.25) is 5.91 Å². The summed E-state index contributed by atoms with van der Waals surface area (Å²) < 4.78 is 0. The fraction of sp³-hybridized carbons (Fsp3) is 0.929. The molecular formula is C14H28N2O2. The van der Waals surface area contributed by atoms with Crippen LogP contribution in [0.25, 0.3) is 0 Å². The van der Waals surface area contributed by atoms with E-state index in [4.69, 9.17) is 0 Å². The van der Waals surface area contributed by atoms with Crippen molar-refractivity contribution in [1.82, 2.24) is 10.2 Å². The number of nitrogens with zero attached hydrogens (tertiary/aromatic N) is 1. The SMILES string of the molecule is CC(O)CCN(C)C(=O)CC(C)C1CCCNC1. The van der Waals surface area contributed by atoms with E-state index in [2.05, 4.69) is 12.2 Å². The third kappa shape index (κ3) is 5.36. The summed E-state index contributed by atoms with van der Waals surface area (Å²) >= 11 is 0. The molecule has 3 unspecified atom stereocenters. The molecular weight excluding hydrogens is 228 g/mol. The minimum absolute atomic E-state index is 0.203. The highest BCUT2D eigenvalue weighted by Crippen LogP contribution is 2.23. The third-order valence-corrected chi connectivity index (χ3v) is 3.94. The average Bonchev–Trinajstić information content (AvgIpc) is 2.36. The summed E-state index contributed by atoms with van der Waals surface area (Å²) in [5, 5.41) is 12.6. The van der Waals surface area contributed by atoms with Gasteiger partial charge in [-0.15, -0.1) is 0 Å². The summed E-state index contributed by atoms with van der Waals surface area (Å²) in [5.74, 6) is 1.28. The standard InChI is InChI=1S/C14H28N2O2/c1-11(13-5-4-7-15-10-13)9-14(18)16(3)8-6-12(2)17/h11-13,15,17H,4-10H2,1-3H3. The molecule has 1 amide bonds. The second-order valence-electron chi connectivity index (χ2n) is 5.74. The smallest absolute Gasteiger partial charge is 0.222 e. The van der Waals surface area contributed by atoms with E-state index in [9.17, 15) is 9.90 Å². The Bertz CT molecular complexity index is 250. The maximum atomic E-state index is 12.0. The van der Waals surface area contributed by atoms with Crippen molar-refractivity contribution in [2.24, 2.45) is 11.8 Å². The van der Waals surface area contributed by atoms with Crippen LogP contribution in [0.15, 0.2) is 0 Å². The maximum absolute atomic E-state index is 12.0. The van der Waals surface area contributed by atoms with Gasteiger partial charge in [-0.05, 0) is 51.1 Å². The fourth-order valence-electron chi connectivity index (χ4n) is 2.47. The van der Waals surface area contributed by atoms with E-state index in [1.54, 1.807) is 11.8 Å². The summed E-state index contributed by atoms with van der Waals surface area (Å²) in [4.78, 5) is 13.8. The monoisotopic (exact) mass is 256 g/mol. The zero-order valence-corrected chi connectivity index (χ0v) is 12.0. The molecule has 0 spiro atoms. The quantitative estimate of drug-likeness (QED) is 0.752. The van der Waals surface area contributed by atoms with Crippen molar-refractivity contribution in [1.29, 1.82) is 0 Å². The molecule has 4 nitrogen and oxygen atoms in total. The Morgan fingerprint density at radius 3 is 2.78 bits per heavy atom. The lowest BCUT2D eigenvalue weighted by Crippen LogP contribution is -2.36. The lowest BCUT2D eigenvalue weighted by atomic mass is 9.85. The summed E-state index contributed by atoms with van der Waals surface area (Å²) in [6.07, 6.45) is 3.41.